The molecule has 2 rings (SSSR count). The van der Waals surface area contributed by atoms with Crippen molar-refractivity contribution in [1.82, 2.24) is 0 Å². The zero-order chi connectivity index (χ0) is 18.6. The lowest BCUT2D eigenvalue weighted by Crippen LogP contribution is -2.35. The van der Waals surface area contributed by atoms with Crippen LogP contribution in [-0.2, 0) is 10.2 Å². The highest BCUT2D eigenvalue weighted by molar-refractivity contribution is 6.04. The number of hydrogen-bond acceptors (Lipinski definition) is 4. The largest absolute Gasteiger partial charge is 0.493 e. The van der Waals surface area contributed by atoms with Crippen LogP contribution in [0.5, 0.6) is 11.5 Å². The number of carbonyl (C=O) groups excluding carboxylic acids is 2. The molecule has 3 N–H and O–H groups in total. The van der Waals surface area contributed by atoms with Gasteiger partial charge in [0.2, 0.25) is 5.91 Å². The van der Waals surface area contributed by atoms with Crippen LogP contribution in [0.4, 0.5) is 5.69 Å². The first-order valence-electron chi connectivity index (χ1n) is 7.73. The van der Waals surface area contributed by atoms with Crippen LogP contribution in [0.15, 0.2) is 42.5 Å². The molecule has 0 aromatic heterocycles. The Bertz CT molecular complexity index is 783. The minimum atomic E-state index is -0.772. The number of carbonyl (C=O) groups is 2. The predicted molar refractivity (Wildman–Crippen MR) is 96.2 cm³/mol. The maximum Gasteiger partial charge on any atom is 0.255 e. The van der Waals surface area contributed by atoms with Crippen LogP contribution >= 0.6 is 0 Å². The van der Waals surface area contributed by atoms with Gasteiger partial charge in [0.05, 0.1) is 19.6 Å². The smallest absolute Gasteiger partial charge is 0.255 e. The predicted octanol–water partition coefficient (Wildman–Crippen LogP) is 2.72. The number of hydrogen-bond donors (Lipinski definition) is 2. The summed E-state index contributed by atoms with van der Waals surface area (Å²) in [6, 6.07) is 12.0. The molecule has 0 heterocycles. The van der Waals surface area contributed by atoms with E-state index >= 15 is 0 Å². The molecule has 0 aliphatic heterocycles. The zero-order valence-electron chi connectivity index (χ0n) is 14.8. The molecule has 0 aliphatic rings. The summed E-state index contributed by atoms with van der Waals surface area (Å²) in [4.78, 5) is 23.9. The van der Waals surface area contributed by atoms with Crippen molar-refractivity contribution in [3.05, 3.63) is 53.6 Å². The molecule has 0 fully saturated rings. The van der Waals surface area contributed by atoms with Crippen LogP contribution in [0.2, 0.25) is 0 Å². The monoisotopic (exact) mass is 342 g/mol. The van der Waals surface area contributed by atoms with Gasteiger partial charge in [-0.15, -0.1) is 0 Å². The second-order valence-electron chi connectivity index (χ2n) is 6.09. The molecule has 0 atom stereocenters. The first-order valence-corrected chi connectivity index (χ1v) is 7.73. The highest BCUT2D eigenvalue weighted by atomic mass is 16.5. The van der Waals surface area contributed by atoms with E-state index in [1.165, 1.54) is 14.2 Å². The minimum Gasteiger partial charge on any atom is -0.493 e. The Morgan fingerprint density at radius 2 is 1.56 bits per heavy atom. The van der Waals surface area contributed by atoms with Crippen molar-refractivity contribution in [2.24, 2.45) is 5.73 Å². The first kappa shape index (κ1) is 18.3. The molecule has 0 saturated carbocycles. The molecule has 2 aromatic carbocycles. The summed E-state index contributed by atoms with van der Waals surface area (Å²) in [5.41, 5.74) is 6.49. The number of methoxy groups -OCH3 is 2. The number of primary amides is 1. The Hall–Kier alpha value is -3.02. The quantitative estimate of drug-likeness (QED) is 0.844. The van der Waals surface area contributed by atoms with Gasteiger partial charge in [0.15, 0.2) is 11.5 Å². The molecule has 0 saturated heterocycles. The van der Waals surface area contributed by atoms with Crippen LogP contribution in [0, 0.1) is 0 Å². The van der Waals surface area contributed by atoms with E-state index in [2.05, 4.69) is 5.32 Å². The van der Waals surface area contributed by atoms with E-state index in [9.17, 15) is 9.59 Å². The third-order valence-corrected chi connectivity index (χ3v) is 4.13. The average molecular weight is 342 g/mol. The summed E-state index contributed by atoms with van der Waals surface area (Å²) < 4.78 is 10.4. The number of rotatable bonds is 6. The van der Waals surface area contributed by atoms with Crippen molar-refractivity contribution < 1.29 is 19.1 Å². The van der Waals surface area contributed by atoms with E-state index in [-0.39, 0.29) is 5.91 Å². The van der Waals surface area contributed by atoms with Crippen molar-refractivity contribution >= 4 is 17.5 Å². The standard InChI is InChI=1S/C19H22N2O4/c1-19(2,18(20)23)13-6-8-14(9-7-13)21-17(22)12-5-10-15(24-3)16(11-12)25-4/h5-11H,1-4H3,(H2,20,23)(H,21,22). The second-order valence-corrected chi connectivity index (χ2v) is 6.09. The van der Waals surface area contributed by atoms with Crippen molar-refractivity contribution in [2.45, 2.75) is 19.3 Å². The van der Waals surface area contributed by atoms with Crippen LogP contribution < -0.4 is 20.5 Å². The van der Waals surface area contributed by atoms with E-state index in [0.717, 1.165) is 5.56 Å². The Balaban J connectivity index is 2.17. The van der Waals surface area contributed by atoms with Gasteiger partial charge in [-0.05, 0) is 49.7 Å². The molecule has 0 unspecified atom stereocenters. The third-order valence-electron chi connectivity index (χ3n) is 4.13. The fourth-order valence-electron chi connectivity index (χ4n) is 2.29. The Morgan fingerprint density at radius 1 is 0.960 bits per heavy atom. The summed E-state index contributed by atoms with van der Waals surface area (Å²) >= 11 is 0. The molecule has 0 radical (unpaired) electrons. The maximum absolute atomic E-state index is 12.4. The van der Waals surface area contributed by atoms with E-state index < -0.39 is 11.3 Å². The van der Waals surface area contributed by atoms with Crippen molar-refractivity contribution in [1.29, 1.82) is 0 Å². The highest BCUT2D eigenvalue weighted by Crippen LogP contribution is 2.28. The van der Waals surface area contributed by atoms with E-state index in [0.29, 0.717) is 22.7 Å². The van der Waals surface area contributed by atoms with Gasteiger partial charge < -0.3 is 20.5 Å². The lowest BCUT2D eigenvalue weighted by atomic mass is 9.84. The number of nitrogens with one attached hydrogen (secondary N) is 1. The number of ether oxygens (including phenoxy) is 2. The number of benzene rings is 2. The normalized spacial score (nSPS) is 10.9. The van der Waals surface area contributed by atoms with Crippen LogP contribution in [0.3, 0.4) is 0 Å². The van der Waals surface area contributed by atoms with Crippen LogP contribution in [0.1, 0.15) is 29.8 Å². The Labute approximate surface area is 146 Å². The second kappa shape index (κ2) is 7.25. The van der Waals surface area contributed by atoms with Gasteiger partial charge in [-0.1, -0.05) is 12.1 Å². The molecule has 25 heavy (non-hydrogen) atoms. The number of amides is 2. The summed E-state index contributed by atoms with van der Waals surface area (Å²) in [6.45, 7) is 3.51. The molecule has 0 aliphatic carbocycles. The van der Waals surface area contributed by atoms with E-state index in [4.69, 9.17) is 15.2 Å². The Morgan fingerprint density at radius 3 is 2.08 bits per heavy atom. The first-order chi connectivity index (χ1) is 11.8. The molecule has 2 amide bonds. The zero-order valence-corrected chi connectivity index (χ0v) is 14.8. The highest BCUT2D eigenvalue weighted by Gasteiger charge is 2.27. The summed E-state index contributed by atoms with van der Waals surface area (Å²) in [7, 11) is 3.05. The van der Waals surface area contributed by atoms with Crippen molar-refractivity contribution in [2.75, 3.05) is 19.5 Å². The van der Waals surface area contributed by atoms with Crippen LogP contribution in [-0.4, -0.2) is 26.0 Å². The summed E-state index contributed by atoms with van der Waals surface area (Å²) in [5, 5.41) is 2.80. The summed E-state index contributed by atoms with van der Waals surface area (Å²) in [5.74, 6) is 0.350. The van der Waals surface area contributed by atoms with Crippen molar-refractivity contribution in [3.63, 3.8) is 0 Å². The van der Waals surface area contributed by atoms with Gasteiger partial charge in [-0.25, -0.2) is 0 Å². The van der Waals surface area contributed by atoms with Gasteiger partial charge >= 0.3 is 0 Å². The molecule has 6 nitrogen and oxygen atoms in total. The van der Waals surface area contributed by atoms with Gasteiger partial charge in [-0.2, -0.15) is 0 Å². The SMILES string of the molecule is COc1ccc(C(=O)Nc2ccc(C(C)(C)C(N)=O)cc2)cc1OC. The lowest BCUT2D eigenvalue weighted by Gasteiger charge is -2.21. The molecular formula is C19H22N2O4. The van der Waals surface area contributed by atoms with E-state index in [1.54, 1.807) is 56.3 Å². The van der Waals surface area contributed by atoms with Gasteiger partial charge in [-0.3, -0.25) is 9.59 Å². The maximum atomic E-state index is 12.4. The van der Waals surface area contributed by atoms with Crippen molar-refractivity contribution in [3.8, 4) is 11.5 Å². The molecule has 0 bridgehead atoms. The Kier molecular flexibility index (Phi) is 5.32. The van der Waals surface area contributed by atoms with E-state index in [1.807, 2.05) is 0 Å². The van der Waals surface area contributed by atoms with Gasteiger partial charge in [0, 0.05) is 11.3 Å². The van der Waals surface area contributed by atoms with Gasteiger partial charge in [0.25, 0.3) is 5.91 Å². The topological polar surface area (TPSA) is 90.6 Å². The fourth-order valence-corrected chi connectivity index (χ4v) is 2.29. The van der Waals surface area contributed by atoms with Crippen LogP contribution in [0.25, 0.3) is 0 Å². The van der Waals surface area contributed by atoms with Gasteiger partial charge in [0.1, 0.15) is 0 Å². The fraction of sp³-hybridized carbons (Fsp3) is 0.263. The number of anilines is 1. The molecule has 2 aromatic rings. The molecule has 6 heteroatoms. The molecule has 0 spiro atoms. The average Bonchev–Trinajstić information content (AvgIpc) is 2.61. The summed E-state index contributed by atoms with van der Waals surface area (Å²) in [6.07, 6.45) is 0. The number of nitrogens with two attached hydrogens (primary N) is 1. The lowest BCUT2D eigenvalue weighted by molar-refractivity contribution is -0.122. The molecule has 132 valence electrons. The minimum absolute atomic E-state index is 0.275. The molecular weight excluding hydrogens is 320 g/mol. The third kappa shape index (κ3) is 3.91.